The Labute approximate surface area is 131 Å². The Morgan fingerprint density at radius 1 is 1.32 bits per heavy atom. The maximum atomic E-state index is 12.2. The normalized spacial score (nSPS) is 11.5. The van der Waals surface area contributed by atoms with Gasteiger partial charge in [0.15, 0.2) is 16.9 Å². The largest absolute Gasteiger partial charge is 0.481 e. The van der Waals surface area contributed by atoms with Gasteiger partial charge in [-0.1, -0.05) is 29.5 Å². The highest BCUT2D eigenvalue weighted by Crippen LogP contribution is 2.28. The van der Waals surface area contributed by atoms with Crippen LogP contribution in [0.5, 0.6) is 5.75 Å². The fraction of sp³-hybridized carbons (Fsp3) is 0.214. The fourth-order valence-electron chi connectivity index (χ4n) is 1.65. The van der Waals surface area contributed by atoms with Gasteiger partial charge in [-0.15, -0.1) is 0 Å². The second-order valence-corrected chi connectivity index (χ2v) is 5.37. The number of ether oxygens (including phenoxy) is 1. The highest BCUT2D eigenvalue weighted by Gasteiger charge is 2.21. The molecule has 0 radical (unpaired) electrons. The van der Waals surface area contributed by atoms with Crippen LogP contribution in [0.25, 0.3) is 0 Å². The van der Waals surface area contributed by atoms with Gasteiger partial charge in [-0.05, 0) is 19.1 Å². The molecule has 0 spiro atoms. The van der Waals surface area contributed by atoms with E-state index in [2.05, 4.69) is 15.6 Å². The SMILES string of the molecule is CNc1nc(C(N)=O)c(NC(=O)[C@H](C)Oc2ccccc2)s1. The molecule has 8 heteroatoms. The number of hydrogen-bond donors (Lipinski definition) is 3. The van der Waals surface area contributed by atoms with Crippen LogP contribution in [-0.2, 0) is 4.79 Å². The summed E-state index contributed by atoms with van der Waals surface area (Å²) in [6, 6.07) is 8.99. The maximum absolute atomic E-state index is 12.2. The van der Waals surface area contributed by atoms with Crippen LogP contribution < -0.4 is 21.1 Å². The van der Waals surface area contributed by atoms with E-state index in [-0.39, 0.29) is 5.69 Å². The molecule has 7 nitrogen and oxygen atoms in total. The van der Waals surface area contributed by atoms with Gasteiger partial charge in [0.25, 0.3) is 11.8 Å². The van der Waals surface area contributed by atoms with E-state index in [1.807, 2.05) is 18.2 Å². The average Bonchev–Trinajstić information content (AvgIpc) is 2.91. The first-order valence-electron chi connectivity index (χ1n) is 6.52. The Hall–Kier alpha value is -2.61. The van der Waals surface area contributed by atoms with Crippen LogP contribution >= 0.6 is 11.3 Å². The molecule has 0 unspecified atom stereocenters. The molecule has 1 aromatic carbocycles. The molecule has 4 N–H and O–H groups in total. The third-order valence-corrected chi connectivity index (χ3v) is 3.72. The van der Waals surface area contributed by atoms with Crippen molar-refractivity contribution in [2.75, 3.05) is 17.7 Å². The summed E-state index contributed by atoms with van der Waals surface area (Å²) in [5, 5.41) is 6.20. The molecule has 0 saturated heterocycles. The predicted molar refractivity (Wildman–Crippen MR) is 85.3 cm³/mol. The highest BCUT2D eigenvalue weighted by molar-refractivity contribution is 7.20. The van der Waals surface area contributed by atoms with Gasteiger partial charge < -0.3 is 21.1 Å². The van der Waals surface area contributed by atoms with E-state index >= 15 is 0 Å². The van der Waals surface area contributed by atoms with E-state index in [0.717, 1.165) is 11.3 Å². The predicted octanol–water partition coefficient (Wildman–Crippen LogP) is 1.69. The van der Waals surface area contributed by atoms with Crippen LogP contribution in [0.3, 0.4) is 0 Å². The Morgan fingerprint density at radius 3 is 2.59 bits per heavy atom. The molecule has 1 atom stereocenters. The van der Waals surface area contributed by atoms with Gasteiger partial charge in [-0.25, -0.2) is 4.98 Å². The fourth-order valence-corrected chi connectivity index (χ4v) is 2.48. The van der Waals surface area contributed by atoms with Crippen LogP contribution in [0.2, 0.25) is 0 Å². The van der Waals surface area contributed by atoms with Crippen molar-refractivity contribution in [2.24, 2.45) is 5.73 Å². The molecule has 2 amide bonds. The van der Waals surface area contributed by atoms with Crippen molar-refractivity contribution in [1.29, 1.82) is 0 Å². The first-order chi connectivity index (χ1) is 10.5. The van der Waals surface area contributed by atoms with E-state index in [1.54, 1.807) is 26.1 Å². The van der Waals surface area contributed by atoms with Crippen LogP contribution in [-0.4, -0.2) is 29.9 Å². The maximum Gasteiger partial charge on any atom is 0.270 e. The van der Waals surface area contributed by atoms with Crippen molar-refractivity contribution in [3.05, 3.63) is 36.0 Å². The summed E-state index contributed by atoms with van der Waals surface area (Å²) in [7, 11) is 1.66. The summed E-state index contributed by atoms with van der Waals surface area (Å²) in [5.41, 5.74) is 5.28. The summed E-state index contributed by atoms with van der Waals surface area (Å²) < 4.78 is 5.52. The average molecular weight is 320 g/mol. The minimum Gasteiger partial charge on any atom is -0.481 e. The number of benzene rings is 1. The van der Waals surface area contributed by atoms with E-state index in [0.29, 0.717) is 15.9 Å². The number of carbonyl (C=O) groups is 2. The molecule has 0 saturated carbocycles. The molecule has 22 heavy (non-hydrogen) atoms. The monoisotopic (exact) mass is 320 g/mol. The molecule has 0 aliphatic carbocycles. The number of nitrogens with two attached hydrogens (primary N) is 1. The molecule has 0 bridgehead atoms. The second kappa shape index (κ2) is 6.90. The molecular formula is C14H16N4O3S. The van der Waals surface area contributed by atoms with Crippen LogP contribution in [0.1, 0.15) is 17.4 Å². The van der Waals surface area contributed by atoms with E-state index < -0.39 is 17.9 Å². The number of nitrogens with zero attached hydrogens (tertiary/aromatic N) is 1. The minimum atomic E-state index is -0.733. The lowest BCUT2D eigenvalue weighted by Gasteiger charge is -2.14. The molecule has 0 aliphatic rings. The van der Waals surface area contributed by atoms with Gasteiger partial charge >= 0.3 is 0 Å². The molecule has 2 aromatic rings. The number of primary amides is 1. The van der Waals surface area contributed by atoms with Crippen molar-refractivity contribution in [3.8, 4) is 5.75 Å². The molecule has 0 aliphatic heterocycles. The van der Waals surface area contributed by atoms with E-state index in [9.17, 15) is 9.59 Å². The molecular weight excluding hydrogens is 304 g/mol. The van der Waals surface area contributed by atoms with Crippen LogP contribution in [0.15, 0.2) is 30.3 Å². The Bertz CT molecular complexity index is 672. The van der Waals surface area contributed by atoms with Gasteiger partial charge in [-0.3, -0.25) is 9.59 Å². The van der Waals surface area contributed by atoms with Gasteiger partial charge in [0.1, 0.15) is 10.8 Å². The van der Waals surface area contributed by atoms with Crippen molar-refractivity contribution in [2.45, 2.75) is 13.0 Å². The van der Waals surface area contributed by atoms with E-state index in [1.165, 1.54) is 0 Å². The number of thiazole rings is 1. The lowest BCUT2D eigenvalue weighted by Crippen LogP contribution is -2.30. The zero-order valence-electron chi connectivity index (χ0n) is 12.1. The van der Waals surface area contributed by atoms with E-state index in [4.69, 9.17) is 10.5 Å². The third-order valence-electron chi connectivity index (χ3n) is 2.74. The topological polar surface area (TPSA) is 106 Å². The lowest BCUT2D eigenvalue weighted by atomic mass is 10.3. The lowest BCUT2D eigenvalue weighted by molar-refractivity contribution is -0.122. The summed E-state index contributed by atoms with van der Waals surface area (Å²) in [4.78, 5) is 27.5. The Kier molecular flexibility index (Phi) is 4.95. The van der Waals surface area contributed by atoms with Crippen molar-refractivity contribution < 1.29 is 14.3 Å². The number of carbonyl (C=O) groups excluding carboxylic acids is 2. The number of anilines is 2. The first-order valence-corrected chi connectivity index (χ1v) is 7.34. The first kappa shape index (κ1) is 15.8. The summed E-state index contributed by atoms with van der Waals surface area (Å²) in [5.74, 6) is -0.511. The van der Waals surface area contributed by atoms with Gasteiger partial charge in [0, 0.05) is 7.05 Å². The van der Waals surface area contributed by atoms with Gasteiger partial charge in [0.2, 0.25) is 0 Å². The van der Waals surface area contributed by atoms with Crippen molar-refractivity contribution in [3.63, 3.8) is 0 Å². The third kappa shape index (κ3) is 3.73. The zero-order valence-corrected chi connectivity index (χ0v) is 12.9. The molecule has 1 aromatic heterocycles. The molecule has 1 heterocycles. The minimum absolute atomic E-state index is 0.0228. The summed E-state index contributed by atoms with van der Waals surface area (Å²) >= 11 is 1.13. The smallest absolute Gasteiger partial charge is 0.270 e. The number of para-hydroxylation sites is 1. The zero-order chi connectivity index (χ0) is 16.1. The number of aromatic nitrogens is 1. The Morgan fingerprint density at radius 2 is 2.00 bits per heavy atom. The van der Waals surface area contributed by atoms with Crippen LogP contribution in [0, 0.1) is 0 Å². The number of hydrogen-bond acceptors (Lipinski definition) is 6. The number of amides is 2. The summed E-state index contributed by atoms with van der Waals surface area (Å²) in [6.07, 6.45) is -0.733. The molecule has 0 fully saturated rings. The number of rotatable bonds is 6. The standard InChI is InChI=1S/C14H16N4O3S/c1-8(21-9-6-4-3-5-7-9)12(20)18-13-10(11(15)19)17-14(16-2)22-13/h3-8H,1-2H3,(H2,15,19)(H,16,17)(H,18,20)/t8-/m0/s1. The van der Waals surface area contributed by atoms with Crippen LogP contribution in [0.4, 0.5) is 10.1 Å². The van der Waals surface area contributed by atoms with Gasteiger partial charge in [0.05, 0.1) is 0 Å². The van der Waals surface area contributed by atoms with Gasteiger partial charge in [-0.2, -0.15) is 0 Å². The van der Waals surface area contributed by atoms with Crippen molar-refractivity contribution >= 4 is 33.3 Å². The highest BCUT2D eigenvalue weighted by atomic mass is 32.1. The Balaban J connectivity index is 2.08. The van der Waals surface area contributed by atoms with Crippen molar-refractivity contribution in [1.82, 2.24) is 4.98 Å². The second-order valence-electron chi connectivity index (χ2n) is 4.37. The quantitative estimate of drug-likeness (QED) is 0.751. The number of nitrogens with one attached hydrogen (secondary N) is 2. The molecule has 2 rings (SSSR count). The summed E-state index contributed by atoms with van der Waals surface area (Å²) in [6.45, 7) is 1.62. The molecule has 116 valence electrons.